The minimum absolute atomic E-state index is 0. The molecule has 1 amide bonds. The summed E-state index contributed by atoms with van der Waals surface area (Å²) >= 11 is 0. The van der Waals surface area contributed by atoms with Gasteiger partial charge >= 0.3 is 0 Å². The molecule has 3 rings (SSSR count). The van der Waals surface area contributed by atoms with Gasteiger partial charge in [0.15, 0.2) is 5.69 Å². The van der Waals surface area contributed by atoms with Crippen molar-refractivity contribution in [2.24, 2.45) is 11.8 Å². The number of nitrogens with one attached hydrogen (secondary N) is 2. The van der Waals surface area contributed by atoms with E-state index < -0.39 is 0 Å². The first-order chi connectivity index (χ1) is 12.5. The molecule has 2 aliphatic rings. The fraction of sp³-hybridized carbons (Fsp3) is 0.842. The molecular formula is C19H36Cl2N6O. The van der Waals surface area contributed by atoms with Crippen LogP contribution in [0.5, 0.6) is 0 Å². The number of hydrogen-bond acceptors (Lipinski definition) is 5. The van der Waals surface area contributed by atoms with Gasteiger partial charge in [0.05, 0.1) is 12.2 Å². The fourth-order valence-corrected chi connectivity index (χ4v) is 4.06. The van der Waals surface area contributed by atoms with E-state index in [0.717, 1.165) is 44.9 Å². The maximum Gasteiger partial charge on any atom is 0.273 e. The van der Waals surface area contributed by atoms with Gasteiger partial charge in [-0.2, -0.15) is 0 Å². The van der Waals surface area contributed by atoms with Gasteiger partial charge in [0.1, 0.15) is 0 Å². The van der Waals surface area contributed by atoms with Gasteiger partial charge in [0.25, 0.3) is 5.91 Å². The molecule has 1 aromatic rings. The maximum atomic E-state index is 12.5. The Kier molecular flexibility index (Phi) is 10.7. The van der Waals surface area contributed by atoms with Gasteiger partial charge in [0.2, 0.25) is 0 Å². The van der Waals surface area contributed by atoms with Crippen molar-refractivity contribution in [2.75, 3.05) is 32.7 Å². The van der Waals surface area contributed by atoms with Crippen molar-refractivity contribution in [3.63, 3.8) is 0 Å². The lowest BCUT2D eigenvalue weighted by Gasteiger charge is -2.38. The molecule has 28 heavy (non-hydrogen) atoms. The Morgan fingerprint density at radius 1 is 1.21 bits per heavy atom. The molecule has 0 radical (unpaired) electrons. The van der Waals surface area contributed by atoms with Crippen LogP contribution in [0.15, 0.2) is 6.20 Å². The normalized spacial score (nSPS) is 20.3. The monoisotopic (exact) mass is 434 g/mol. The molecule has 0 bridgehead atoms. The number of aromatic nitrogens is 3. The SMILES string of the molecule is CC1CCN(C(CNC(=O)c2cn(C3CCNCC3)nn2)C(C)C)CC1.Cl.Cl. The molecule has 0 saturated carbocycles. The summed E-state index contributed by atoms with van der Waals surface area (Å²) < 4.78 is 1.86. The Morgan fingerprint density at radius 3 is 2.46 bits per heavy atom. The van der Waals surface area contributed by atoms with Gasteiger partial charge in [-0.25, -0.2) is 4.68 Å². The molecule has 2 saturated heterocycles. The lowest BCUT2D eigenvalue weighted by atomic mass is 9.94. The number of amides is 1. The van der Waals surface area contributed by atoms with E-state index in [9.17, 15) is 4.79 Å². The van der Waals surface area contributed by atoms with Crippen molar-refractivity contribution in [1.29, 1.82) is 0 Å². The number of nitrogens with zero attached hydrogens (tertiary/aromatic N) is 4. The first-order valence-electron chi connectivity index (χ1n) is 10.2. The summed E-state index contributed by atoms with van der Waals surface area (Å²) in [5, 5.41) is 14.7. The highest BCUT2D eigenvalue weighted by atomic mass is 35.5. The van der Waals surface area contributed by atoms with Gasteiger partial charge < -0.3 is 10.6 Å². The Bertz CT molecular complexity index is 583. The minimum Gasteiger partial charge on any atom is -0.349 e. The minimum atomic E-state index is -0.110. The van der Waals surface area contributed by atoms with Gasteiger partial charge in [-0.1, -0.05) is 26.0 Å². The number of piperidine rings is 2. The van der Waals surface area contributed by atoms with E-state index in [1.807, 2.05) is 4.68 Å². The van der Waals surface area contributed by atoms with Gasteiger partial charge in [0, 0.05) is 12.6 Å². The van der Waals surface area contributed by atoms with Crippen LogP contribution in [0.25, 0.3) is 0 Å². The highest BCUT2D eigenvalue weighted by Gasteiger charge is 2.26. The third kappa shape index (κ3) is 6.58. The largest absolute Gasteiger partial charge is 0.349 e. The zero-order valence-corrected chi connectivity index (χ0v) is 18.9. The Morgan fingerprint density at radius 2 is 1.86 bits per heavy atom. The molecule has 2 aliphatic heterocycles. The summed E-state index contributed by atoms with van der Waals surface area (Å²) in [6.07, 6.45) is 6.38. The van der Waals surface area contributed by atoms with E-state index in [1.54, 1.807) is 6.20 Å². The Balaban J connectivity index is 0.00000196. The first kappa shape index (κ1) is 25.1. The van der Waals surface area contributed by atoms with E-state index in [2.05, 4.69) is 46.6 Å². The number of carbonyl (C=O) groups excluding carboxylic acids is 1. The predicted molar refractivity (Wildman–Crippen MR) is 117 cm³/mol. The number of halogens is 2. The summed E-state index contributed by atoms with van der Waals surface area (Å²) in [6.45, 7) is 11.7. The first-order valence-corrected chi connectivity index (χ1v) is 10.2. The van der Waals surface area contributed by atoms with Gasteiger partial charge in [-0.3, -0.25) is 9.69 Å². The third-order valence-corrected chi connectivity index (χ3v) is 5.95. The quantitative estimate of drug-likeness (QED) is 0.719. The summed E-state index contributed by atoms with van der Waals surface area (Å²) in [5.41, 5.74) is 0.429. The van der Waals surface area contributed by atoms with Crippen LogP contribution in [-0.4, -0.2) is 64.6 Å². The maximum absolute atomic E-state index is 12.5. The van der Waals surface area contributed by atoms with Crippen molar-refractivity contribution in [3.8, 4) is 0 Å². The second kappa shape index (κ2) is 12.0. The van der Waals surface area contributed by atoms with Crippen molar-refractivity contribution >= 4 is 30.7 Å². The second-order valence-corrected chi connectivity index (χ2v) is 8.30. The van der Waals surface area contributed by atoms with Gasteiger partial charge in [-0.15, -0.1) is 29.9 Å². The molecule has 1 atom stereocenters. The zero-order valence-electron chi connectivity index (χ0n) is 17.3. The van der Waals surface area contributed by atoms with Crippen LogP contribution in [0, 0.1) is 11.8 Å². The fourth-order valence-electron chi connectivity index (χ4n) is 4.06. The molecule has 3 heterocycles. The average Bonchev–Trinajstić information content (AvgIpc) is 3.14. The van der Waals surface area contributed by atoms with Crippen LogP contribution < -0.4 is 10.6 Å². The van der Waals surface area contributed by atoms with Crippen molar-refractivity contribution in [2.45, 2.75) is 58.5 Å². The van der Waals surface area contributed by atoms with Crippen LogP contribution in [-0.2, 0) is 0 Å². The average molecular weight is 435 g/mol. The van der Waals surface area contributed by atoms with Crippen molar-refractivity contribution < 1.29 is 4.79 Å². The highest BCUT2D eigenvalue weighted by molar-refractivity contribution is 5.91. The van der Waals surface area contributed by atoms with E-state index in [0.29, 0.717) is 30.2 Å². The lowest BCUT2D eigenvalue weighted by molar-refractivity contribution is 0.0859. The number of rotatable bonds is 6. The lowest BCUT2D eigenvalue weighted by Crippen LogP contribution is -2.49. The predicted octanol–water partition coefficient (Wildman–Crippen LogP) is 2.53. The Hall–Kier alpha value is -0.890. The van der Waals surface area contributed by atoms with Crippen LogP contribution >= 0.6 is 24.8 Å². The number of carbonyl (C=O) groups is 1. The zero-order chi connectivity index (χ0) is 18.5. The molecule has 0 spiro atoms. The number of hydrogen-bond donors (Lipinski definition) is 2. The molecule has 1 unspecified atom stereocenters. The molecule has 1 aromatic heterocycles. The molecule has 0 aliphatic carbocycles. The van der Waals surface area contributed by atoms with E-state index in [-0.39, 0.29) is 30.7 Å². The number of likely N-dealkylation sites (tertiary alicyclic amines) is 1. The smallest absolute Gasteiger partial charge is 0.273 e. The molecule has 7 nitrogen and oxygen atoms in total. The standard InChI is InChI=1S/C19H34N6O.2ClH/c1-14(2)18(24-10-6-15(3)7-11-24)12-21-19(26)17-13-25(23-22-17)16-4-8-20-9-5-16;;/h13-16,18,20H,4-12H2,1-3H3,(H,21,26);2*1H. The molecular weight excluding hydrogens is 399 g/mol. The molecule has 2 fully saturated rings. The summed E-state index contributed by atoms with van der Waals surface area (Å²) in [5.74, 6) is 1.22. The van der Waals surface area contributed by atoms with Crippen LogP contribution in [0.2, 0.25) is 0 Å². The highest BCUT2D eigenvalue weighted by Crippen LogP contribution is 2.21. The molecule has 0 aromatic carbocycles. The molecule has 162 valence electrons. The van der Waals surface area contributed by atoms with E-state index in [1.165, 1.54) is 12.8 Å². The Labute approximate surface area is 181 Å². The van der Waals surface area contributed by atoms with E-state index in [4.69, 9.17) is 0 Å². The van der Waals surface area contributed by atoms with Crippen molar-refractivity contribution in [1.82, 2.24) is 30.5 Å². The molecule has 9 heteroatoms. The molecule has 2 N–H and O–H groups in total. The summed E-state index contributed by atoms with van der Waals surface area (Å²) in [7, 11) is 0. The third-order valence-electron chi connectivity index (χ3n) is 5.95. The van der Waals surface area contributed by atoms with Crippen LogP contribution in [0.3, 0.4) is 0 Å². The van der Waals surface area contributed by atoms with E-state index >= 15 is 0 Å². The summed E-state index contributed by atoms with van der Waals surface area (Å²) in [6, 6.07) is 0.731. The van der Waals surface area contributed by atoms with Crippen molar-refractivity contribution in [3.05, 3.63) is 11.9 Å². The van der Waals surface area contributed by atoms with Gasteiger partial charge in [-0.05, 0) is 63.7 Å². The van der Waals surface area contributed by atoms with Crippen LogP contribution in [0.4, 0.5) is 0 Å². The topological polar surface area (TPSA) is 75.1 Å². The van der Waals surface area contributed by atoms with Crippen LogP contribution in [0.1, 0.15) is 63.0 Å². The second-order valence-electron chi connectivity index (χ2n) is 8.30. The summed E-state index contributed by atoms with van der Waals surface area (Å²) in [4.78, 5) is 15.1.